The van der Waals surface area contributed by atoms with Gasteiger partial charge in [-0.3, -0.25) is 0 Å². The van der Waals surface area contributed by atoms with E-state index in [0.29, 0.717) is 0 Å². The lowest BCUT2D eigenvalue weighted by Gasteiger charge is -2.23. The highest BCUT2D eigenvalue weighted by Gasteiger charge is 2.15. The normalized spacial score (nSPS) is 11.7. The van der Waals surface area contributed by atoms with E-state index in [4.69, 9.17) is 0 Å². The van der Waals surface area contributed by atoms with Gasteiger partial charge in [0.2, 0.25) is 5.95 Å². The highest BCUT2D eigenvalue weighted by molar-refractivity contribution is 5.29. The first-order chi connectivity index (χ1) is 5.53. The van der Waals surface area contributed by atoms with Gasteiger partial charge in [0.05, 0.1) is 0 Å². The molecule has 1 aromatic rings. The molecule has 0 unspecified atom stereocenters. The summed E-state index contributed by atoms with van der Waals surface area (Å²) in [6.45, 7) is 8.47. The van der Waals surface area contributed by atoms with E-state index >= 15 is 0 Å². The average molecular weight is 167 g/mol. The molecule has 0 spiro atoms. The SMILES string of the molecule is CCC(C)(C)Nc1ncc(C)[nH]1. The van der Waals surface area contributed by atoms with Gasteiger partial charge >= 0.3 is 0 Å². The summed E-state index contributed by atoms with van der Waals surface area (Å²) in [7, 11) is 0. The lowest BCUT2D eigenvalue weighted by molar-refractivity contribution is 0.543. The van der Waals surface area contributed by atoms with Gasteiger partial charge in [-0.2, -0.15) is 0 Å². The van der Waals surface area contributed by atoms with Crippen molar-refractivity contribution in [2.45, 2.75) is 39.7 Å². The van der Waals surface area contributed by atoms with Crippen LogP contribution in [0.15, 0.2) is 6.20 Å². The van der Waals surface area contributed by atoms with Gasteiger partial charge in [0.1, 0.15) is 0 Å². The van der Waals surface area contributed by atoms with Crippen LogP contribution in [0.2, 0.25) is 0 Å². The fourth-order valence-electron chi connectivity index (χ4n) is 0.885. The van der Waals surface area contributed by atoms with Crippen molar-refractivity contribution in [3.63, 3.8) is 0 Å². The average Bonchev–Trinajstić information content (AvgIpc) is 2.35. The smallest absolute Gasteiger partial charge is 0.200 e. The zero-order valence-electron chi connectivity index (χ0n) is 8.23. The Kier molecular flexibility index (Phi) is 2.40. The minimum absolute atomic E-state index is 0.115. The molecule has 1 rings (SSSR count). The van der Waals surface area contributed by atoms with E-state index in [2.05, 4.69) is 36.1 Å². The van der Waals surface area contributed by atoms with Crippen molar-refractivity contribution >= 4 is 5.95 Å². The van der Waals surface area contributed by atoms with Crippen LogP contribution in [0.3, 0.4) is 0 Å². The Hall–Kier alpha value is -0.990. The lowest BCUT2D eigenvalue weighted by atomic mass is 10.0. The first kappa shape index (κ1) is 9.10. The van der Waals surface area contributed by atoms with E-state index in [1.165, 1.54) is 0 Å². The van der Waals surface area contributed by atoms with E-state index in [0.717, 1.165) is 18.1 Å². The summed E-state index contributed by atoms with van der Waals surface area (Å²) in [4.78, 5) is 7.33. The number of nitrogens with zero attached hydrogens (tertiary/aromatic N) is 1. The number of imidazole rings is 1. The second-order valence-corrected chi connectivity index (χ2v) is 3.78. The van der Waals surface area contributed by atoms with Crippen LogP contribution in [0.25, 0.3) is 0 Å². The van der Waals surface area contributed by atoms with Crippen molar-refractivity contribution < 1.29 is 0 Å². The summed E-state index contributed by atoms with van der Waals surface area (Å²) in [6, 6.07) is 0. The molecular formula is C9H17N3. The number of H-pyrrole nitrogens is 1. The molecule has 0 amide bonds. The maximum absolute atomic E-state index is 4.18. The van der Waals surface area contributed by atoms with Crippen molar-refractivity contribution in [2.24, 2.45) is 0 Å². The van der Waals surface area contributed by atoms with Crippen molar-refractivity contribution in [3.05, 3.63) is 11.9 Å². The molecule has 2 N–H and O–H groups in total. The van der Waals surface area contributed by atoms with Crippen LogP contribution in [0.5, 0.6) is 0 Å². The number of hydrogen-bond acceptors (Lipinski definition) is 2. The molecular weight excluding hydrogens is 150 g/mol. The standard InChI is InChI=1S/C9H17N3/c1-5-9(3,4)12-8-10-6-7(2)11-8/h6H,5H2,1-4H3,(H2,10,11,12). The van der Waals surface area contributed by atoms with E-state index in [9.17, 15) is 0 Å². The predicted molar refractivity (Wildman–Crippen MR) is 51.3 cm³/mol. The quantitative estimate of drug-likeness (QED) is 0.725. The topological polar surface area (TPSA) is 40.7 Å². The molecule has 0 bridgehead atoms. The molecule has 3 heteroatoms. The molecule has 0 saturated heterocycles. The van der Waals surface area contributed by atoms with Crippen LogP contribution in [0.1, 0.15) is 32.9 Å². The third-order valence-electron chi connectivity index (χ3n) is 2.04. The van der Waals surface area contributed by atoms with Crippen LogP contribution in [0.4, 0.5) is 5.95 Å². The molecule has 3 nitrogen and oxygen atoms in total. The number of hydrogen-bond donors (Lipinski definition) is 2. The van der Waals surface area contributed by atoms with Gasteiger partial charge in [0, 0.05) is 17.4 Å². The second-order valence-electron chi connectivity index (χ2n) is 3.78. The first-order valence-electron chi connectivity index (χ1n) is 4.33. The maximum Gasteiger partial charge on any atom is 0.200 e. The van der Waals surface area contributed by atoms with Gasteiger partial charge < -0.3 is 10.3 Å². The van der Waals surface area contributed by atoms with Crippen LogP contribution in [-0.2, 0) is 0 Å². The first-order valence-corrected chi connectivity index (χ1v) is 4.33. The number of nitrogens with one attached hydrogen (secondary N) is 2. The van der Waals surface area contributed by atoms with Gasteiger partial charge in [-0.1, -0.05) is 6.92 Å². The largest absolute Gasteiger partial charge is 0.351 e. The number of aromatic nitrogens is 2. The Labute approximate surface area is 73.6 Å². The number of aromatic amines is 1. The van der Waals surface area contributed by atoms with E-state index in [1.807, 2.05) is 13.1 Å². The number of rotatable bonds is 3. The molecule has 12 heavy (non-hydrogen) atoms. The third kappa shape index (κ3) is 2.26. The van der Waals surface area contributed by atoms with Crippen LogP contribution in [-0.4, -0.2) is 15.5 Å². The van der Waals surface area contributed by atoms with Crippen molar-refractivity contribution in [3.8, 4) is 0 Å². The molecule has 0 aliphatic carbocycles. The van der Waals surface area contributed by atoms with Crippen LogP contribution >= 0.6 is 0 Å². The third-order valence-corrected chi connectivity index (χ3v) is 2.04. The molecule has 0 aliphatic heterocycles. The summed E-state index contributed by atoms with van der Waals surface area (Å²) in [6.07, 6.45) is 2.90. The van der Waals surface area contributed by atoms with Crippen LogP contribution < -0.4 is 5.32 Å². The van der Waals surface area contributed by atoms with Gasteiger partial charge in [-0.15, -0.1) is 0 Å². The monoisotopic (exact) mass is 167 g/mol. The molecule has 0 aliphatic rings. The van der Waals surface area contributed by atoms with Gasteiger partial charge in [-0.05, 0) is 27.2 Å². The highest BCUT2D eigenvalue weighted by atomic mass is 15.1. The molecule has 1 heterocycles. The Morgan fingerprint density at radius 1 is 1.58 bits per heavy atom. The summed E-state index contributed by atoms with van der Waals surface area (Å²) < 4.78 is 0. The molecule has 68 valence electrons. The minimum atomic E-state index is 0.115. The Morgan fingerprint density at radius 2 is 2.25 bits per heavy atom. The van der Waals surface area contributed by atoms with Gasteiger partial charge in [0.15, 0.2) is 0 Å². The summed E-state index contributed by atoms with van der Waals surface area (Å²) in [5.74, 6) is 0.861. The summed E-state index contributed by atoms with van der Waals surface area (Å²) in [5.41, 5.74) is 1.20. The molecule has 0 atom stereocenters. The summed E-state index contributed by atoms with van der Waals surface area (Å²) in [5, 5.41) is 3.32. The number of aryl methyl sites for hydroxylation is 1. The zero-order chi connectivity index (χ0) is 9.19. The highest BCUT2D eigenvalue weighted by Crippen LogP contribution is 2.14. The minimum Gasteiger partial charge on any atom is -0.351 e. The Balaban J connectivity index is 2.63. The Bertz CT molecular complexity index is 250. The molecule has 0 saturated carbocycles. The van der Waals surface area contributed by atoms with Crippen molar-refractivity contribution in [2.75, 3.05) is 5.32 Å². The zero-order valence-corrected chi connectivity index (χ0v) is 8.23. The van der Waals surface area contributed by atoms with Crippen molar-refractivity contribution in [1.29, 1.82) is 0 Å². The van der Waals surface area contributed by atoms with Gasteiger partial charge in [0.25, 0.3) is 0 Å². The number of anilines is 1. The van der Waals surface area contributed by atoms with E-state index < -0.39 is 0 Å². The summed E-state index contributed by atoms with van der Waals surface area (Å²) >= 11 is 0. The van der Waals surface area contributed by atoms with E-state index in [1.54, 1.807) is 0 Å². The fraction of sp³-hybridized carbons (Fsp3) is 0.667. The maximum atomic E-state index is 4.18. The molecule has 0 aromatic carbocycles. The predicted octanol–water partition coefficient (Wildman–Crippen LogP) is 2.32. The molecule has 1 aromatic heterocycles. The fourth-order valence-corrected chi connectivity index (χ4v) is 0.885. The lowest BCUT2D eigenvalue weighted by Crippen LogP contribution is -2.30. The van der Waals surface area contributed by atoms with Crippen molar-refractivity contribution in [1.82, 2.24) is 9.97 Å². The van der Waals surface area contributed by atoms with Gasteiger partial charge in [-0.25, -0.2) is 4.98 Å². The van der Waals surface area contributed by atoms with Crippen LogP contribution in [0, 0.1) is 6.92 Å². The van der Waals surface area contributed by atoms with E-state index in [-0.39, 0.29) is 5.54 Å². The Morgan fingerprint density at radius 3 is 2.67 bits per heavy atom. The molecule has 0 fully saturated rings. The molecule has 0 radical (unpaired) electrons. The second kappa shape index (κ2) is 3.17.